The van der Waals surface area contributed by atoms with Crippen LogP contribution in [0.2, 0.25) is 0 Å². The van der Waals surface area contributed by atoms with E-state index < -0.39 is 27.7 Å². The van der Waals surface area contributed by atoms with Crippen LogP contribution in [0, 0.1) is 6.92 Å². The van der Waals surface area contributed by atoms with Gasteiger partial charge in [-0.05, 0) is 72.5 Å². The molecule has 0 bridgehead atoms. The number of carboxylic acid groups (broad SMARTS) is 1. The summed E-state index contributed by atoms with van der Waals surface area (Å²) in [6, 6.07) is 23.5. The number of benzene rings is 4. The van der Waals surface area contributed by atoms with Crippen molar-refractivity contribution in [1.82, 2.24) is 4.31 Å². The first-order valence-corrected chi connectivity index (χ1v) is 14.6. The number of nitrogens with zero attached hydrogens (tertiary/aromatic N) is 1. The number of alkyl halides is 3. The minimum atomic E-state index is -4.66. The Balaban J connectivity index is 1.62. The van der Waals surface area contributed by atoms with Gasteiger partial charge in [-0.2, -0.15) is 17.5 Å². The van der Waals surface area contributed by atoms with Gasteiger partial charge in [0.1, 0.15) is 11.5 Å². The number of hydrogen-bond acceptors (Lipinski definition) is 4. The van der Waals surface area contributed by atoms with E-state index in [1.165, 1.54) is 18.2 Å². The SMILES string of the molecule is CCN(Cc1cc(C(F)(F)F)ccc1Oc1cccc(CC(=O)O)c1)S(=O)(=O)c1ccc(Cc2cccc(C)c2)cc1. The minimum absolute atomic E-state index is 0.00282. The summed E-state index contributed by atoms with van der Waals surface area (Å²) in [7, 11) is -4.07. The molecule has 0 aliphatic heterocycles. The van der Waals surface area contributed by atoms with E-state index in [1.807, 2.05) is 25.1 Å². The summed E-state index contributed by atoms with van der Waals surface area (Å²) in [5, 5.41) is 9.08. The molecule has 1 N–H and O–H groups in total. The number of sulfonamides is 1. The predicted molar refractivity (Wildman–Crippen MR) is 153 cm³/mol. The Labute approximate surface area is 243 Å². The van der Waals surface area contributed by atoms with Crippen molar-refractivity contribution < 1.29 is 36.2 Å². The van der Waals surface area contributed by atoms with Crippen LogP contribution in [0.15, 0.2) is 95.9 Å². The number of ether oxygens (including phenoxy) is 1. The Morgan fingerprint density at radius 1 is 0.881 bits per heavy atom. The highest BCUT2D eigenvalue weighted by Crippen LogP contribution is 2.35. The molecule has 0 aromatic heterocycles. The zero-order chi connectivity index (χ0) is 30.5. The van der Waals surface area contributed by atoms with Gasteiger partial charge in [0.15, 0.2) is 0 Å². The maximum atomic E-state index is 13.6. The van der Waals surface area contributed by atoms with Crippen LogP contribution in [0.5, 0.6) is 11.5 Å². The fourth-order valence-corrected chi connectivity index (χ4v) is 5.97. The zero-order valence-electron chi connectivity index (χ0n) is 23.1. The van der Waals surface area contributed by atoms with Gasteiger partial charge in [0.25, 0.3) is 0 Å². The summed E-state index contributed by atoms with van der Waals surface area (Å²) < 4.78 is 74.9. The van der Waals surface area contributed by atoms with Crippen molar-refractivity contribution in [1.29, 1.82) is 0 Å². The largest absolute Gasteiger partial charge is 0.481 e. The second-order valence-electron chi connectivity index (χ2n) is 9.88. The molecular formula is C32H30F3NO5S. The van der Waals surface area contributed by atoms with E-state index in [1.54, 1.807) is 37.3 Å². The Bertz CT molecular complexity index is 1670. The minimum Gasteiger partial charge on any atom is -0.481 e. The second-order valence-corrected chi connectivity index (χ2v) is 11.8. The van der Waals surface area contributed by atoms with Crippen molar-refractivity contribution in [2.45, 2.75) is 44.3 Å². The average Bonchev–Trinajstić information content (AvgIpc) is 2.92. The normalized spacial score (nSPS) is 12.0. The third kappa shape index (κ3) is 7.77. The predicted octanol–water partition coefficient (Wildman–Crippen LogP) is 7.23. The number of hydrogen-bond donors (Lipinski definition) is 1. The van der Waals surface area contributed by atoms with Gasteiger partial charge in [-0.25, -0.2) is 8.42 Å². The lowest BCUT2D eigenvalue weighted by Crippen LogP contribution is -2.30. The van der Waals surface area contributed by atoms with Gasteiger partial charge < -0.3 is 9.84 Å². The fourth-order valence-electron chi connectivity index (χ4n) is 4.54. The molecule has 4 rings (SSSR count). The van der Waals surface area contributed by atoms with Gasteiger partial charge in [-0.1, -0.05) is 61.0 Å². The molecule has 0 saturated heterocycles. The molecule has 0 fully saturated rings. The molecule has 0 amide bonds. The Hall–Kier alpha value is -4.15. The van der Waals surface area contributed by atoms with Crippen LogP contribution < -0.4 is 4.74 Å². The summed E-state index contributed by atoms with van der Waals surface area (Å²) in [5.74, 6) is -0.808. The lowest BCUT2D eigenvalue weighted by molar-refractivity contribution is -0.138. The topological polar surface area (TPSA) is 83.9 Å². The molecule has 0 heterocycles. The molecule has 220 valence electrons. The molecule has 0 atom stereocenters. The van der Waals surface area contributed by atoms with Gasteiger partial charge in [-0.15, -0.1) is 0 Å². The standard InChI is InChI=1S/C32H30F3NO5S/c1-3-36(42(39,40)29-13-10-23(11-14-29)17-24-7-4-6-22(2)16-24)21-26-20-27(32(33,34)35)12-15-30(26)41-28-9-5-8-25(18-28)19-31(37)38/h4-16,18,20H,3,17,19,21H2,1-2H3,(H,37,38). The van der Waals surface area contributed by atoms with Crippen LogP contribution in [0.1, 0.15) is 40.3 Å². The molecule has 4 aromatic rings. The first-order chi connectivity index (χ1) is 19.8. The molecule has 4 aromatic carbocycles. The Morgan fingerprint density at radius 3 is 2.21 bits per heavy atom. The number of aliphatic carboxylic acids is 1. The highest BCUT2D eigenvalue weighted by molar-refractivity contribution is 7.89. The number of aryl methyl sites for hydroxylation is 1. The molecule has 6 nitrogen and oxygen atoms in total. The van der Waals surface area contributed by atoms with E-state index >= 15 is 0 Å². The van der Waals surface area contributed by atoms with Gasteiger partial charge in [0, 0.05) is 18.7 Å². The van der Waals surface area contributed by atoms with E-state index in [9.17, 15) is 26.4 Å². The lowest BCUT2D eigenvalue weighted by atomic mass is 10.0. The van der Waals surface area contributed by atoms with Crippen molar-refractivity contribution in [2.24, 2.45) is 0 Å². The van der Waals surface area contributed by atoms with Crippen LogP contribution >= 0.6 is 0 Å². The van der Waals surface area contributed by atoms with Gasteiger partial charge in [-0.3, -0.25) is 4.79 Å². The quantitative estimate of drug-likeness (QED) is 0.197. The molecule has 0 aliphatic carbocycles. The molecule has 42 heavy (non-hydrogen) atoms. The summed E-state index contributed by atoms with van der Waals surface area (Å²) in [5.41, 5.74) is 2.63. The molecule has 0 radical (unpaired) electrons. The van der Waals surface area contributed by atoms with Crippen LogP contribution in [-0.2, 0) is 40.4 Å². The first-order valence-electron chi connectivity index (χ1n) is 13.2. The lowest BCUT2D eigenvalue weighted by Gasteiger charge is -2.23. The average molecular weight is 598 g/mol. The molecule has 0 saturated carbocycles. The monoisotopic (exact) mass is 597 g/mol. The zero-order valence-corrected chi connectivity index (χ0v) is 23.9. The van der Waals surface area contributed by atoms with Crippen molar-refractivity contribution in [3.63, 3.8) is 0 Å². The van der Waals surface area contributed by atoms with E-state index in [0.29, 0.717) is 12.0 Å². The van der Waals surface area contributed by atoms with E-state index in [0.717, 1.165) is 39.2 Å². The molecule has 0 spiro atoms. The molecule has 0 aliphatic rings. The second kappa shape index (κ2) is 12.8. The fraction of sp³-hybridized carbons (Fsp3) is 0.219. The van der Waals surface area contributed by atoms with Crippen LogP contribution in [0.4, 0.5) is 13.2 Å². The van der Waals surface area contributed by atoms with Crippen molar-refractivity contribution in [3.05, 3.63) is 124 Å². The summed E-state index contributed by atoms with van der Waals surface area (Å²) in [4.78, 5) is 11.1. The summed E-state index contributed by atoms with van der Waals surface area (Å²) in [6.45, 7) is 3.22. The third-order valence-corrected chi connectivity index (χ3v) is 8.56. The van der Waals surface area contributed by atoms with Crippen LogP contribution in [-0.4, -0.2) is 30.3 Å². The maximum absolute atomic E-state index is 13.6. The Morgan fingerprint density at radius 2 is 1.57 bits per heavy atom. The van der Waals surface area contributed by atoms with E-state index in [-0.39, 0.29) is 41.5 Å². The number of carbonyl (C=O) groups is 1. The number of rotatable bonds is 11. The molecule has 10 heteroatoms. The molecular weight excluding hydrogens is 567 g/mol. The summed E-state index contributed by atoms with van der Waals surface area (Å²) >= 11 is 0. The van der Waals surface area contributed by atoms with Crippen LogP contribution in [0.3, 0.4) is 0 Å². The Kier molecular flexibility index (Phi) is 9.38. The number of halogens is 3. The first kappa shape index (κ1) is 30.8. The smallest absolute Gasteiger partial charge is 0.416 e. The van der Waals surface area contributed by atoms with Gasteiger partial charge >= 0.3 is 12.1 Å². The highest BCUT2D eigenvalue weighted by atomic mass is 32.2. The maximum Gasteiger partial charge on any atom is 0.416 e. The van der Waals surface area contributed by atoms with Crippen LogP contribution in [0.25, 0.3) is 0 Å². The van der Waals surface area contributed by atoms with Gasteiger partial charge in [0.2, 0.25) is 10.0 Å². The van der Waals surface area contributed by atoms with Crippen molar-refractivity contribution in [3.8, 4) is 11.5 Å². The number of carboxylic acids is 1. The summed E-state index contributed by atoms with van der Waals surface area (Å²) in [6.07, 6.45) is -4.29. The molecule has 0 unspecified atom stereocenters. The van der Waals surface area contributed by atoms with E-state index in [2.05, 4.69) is 6.07 Å². The van der Waals surface area contributed by atoms with E-state index in [4.69, 9.17) is 9.84 Å². The highest BCUT2D eigenvalue weighted by Gasteiger charge is 2.32. The van der Waals surface area contributed by atoms with Gasteiger partial charge in [0.05, 0.1) is 16.9 Å². The third-order valence-electron chi connectivity index (χ3n) is 6.62. The van der Waals surface area contributed by atoms with Crippen molar-refractivity contribution >= 4 is 16.0 Å². The van der Waals surface area contributed by atoms with Crippen molar-refractivity contribution in [2.75, 3.05) is 6.54 Å².